The van der Waals surface area contributed by atoms with E-state index >= 15 is 0 Å². The third-order valence-electron chi connectivity index (χ3n) is 3.48. The monoisotopic (exact) mass is 275 g/mol. The Kier molecular flexibility index (Phi) is 9.11. The van der Waals surface area contributed by atoms with E-state index in [4.69, 9.17) is 9.47 Å². The van der Waals surface area contributed by atoms with Crippen molar-refractivity contribution in [2.45, 2.75) is 63.5 Å². The molecule has 1 saturated carbocycles. The fraction of sp³-hybridized carbons (Fsp3) is 1.00. The van der Waals surface area contributed by atoms with E-state index in [2.05, 4.69) is 11.6 Å². The minimum absolute atomic E-state index is 0.0348. The van der Waals surface area contributed by atoms with Crippen LogP contribution in [0.1, 0.15) is 46.0 Å². The minimum Gasteiger partial charge on any atom is -0.353 e. The smallest absolute Gasteiger partial charge is 0.158 e. The molecule has 1 N–H and O–H groups in total. The summed E-state index contributed by atoms with van der Waals surface area (Å²) in [5.74, 6) is 0. The van der Waals surface area contributed by atoms with Crippen molar-refractivity contribution < 1.29 is 9.47 Å². The maximum atomic E-state index is 5.55. The molecule has 18 heavy (non-hydrogen) atoms. The highest BCUT2D eigenvalue weighted by Gasteiger charge is 2.20. The first kappa shape index (κ1) is 16.3. The van der Waals surface area contributed by atoms with Gasteiger partial charge in [0.05, 0.1) is 0 Å². The van der Waals surface area contributed by atoms with Crippen LogP contribution in [0.2, 0.25) is 0 Å². The van der Waals surface area contributed by atoms with Crippen LogP contribution in [0.5, 0.6) is 0 Å². The van der Waals surface area contributed by atoms with E-state index in [0.29, 0.717) is 6.04 Å². The molecule has 1 rings (SSSR count). The molecule has 3 nitrogen and oxygen atoms in total. The molecule has 0 saturated heterocycles. The minimum atomic E-state index is -0.0348. The quantitative estimate of drug-likeness (QED) is 0.655. The molecule has 0 aliphatic heterocycles. The normalized spacial score (nSPS) is 24.7. The highest BCUT2D eigenvalue weighted by atomic mass is 32.2. The van der Waals surface area contributed by atoms with Gasteiger partial charge in [-0.2, -0.15) is 11.8 Å². The van der Waals surface area contributed by atoms with Crippen LogP contribution in [-0.2, 0) is 9.47 Å². The zero-order valence-corrected chi connectivity index (χ0v) is 12.9. The lowest BCUT2D eigenvalue weighted by atomic mass is 9.95. The Hall–Kier alpha value is 0.230. The van der Waals surface area contributed by atoms with Gasteiger partial charge in [-0.05, 0) is 39.4 Å². The zero-order valence-electron chi connectivity index (χ0n) is 12.1. The lowest BCUT2D eigenvalue weighted by Crippen LogP contribution is -2.37. The van der Waals surface area contributed by atoms with Crippen LogP contribution in [0.15, 0.2) is 0 Å². The van der Waals surface area contributed by atoms with Crippen molar-refractivity contribution in [2.75, 3.05) is 26.0 Å². The van der Waals surface area contributed by atoms with Gasteiger partial charge in [0.2, 0.25) is 0 Å². The topological polar surface area (TPSA) is 30.5 Å². The van der Waals surface area contributed by atoms with Gasteiger partial charge in [-0.15, -0.1) is 0 Å². The van der Waals surface area contributed by atoms with Crippen molar-refractivity contribution in [3.63, 3.8) is 0 Å². The molecule has 1 fully saturated rings. The summed E-state index contributed by atoms with van der Waals surface area (Å²) in [6.07, 6.45) is 8.53. The SMILES string of the molecule is CCOC(CCNC1CCCC(SC)C1)OCC. The number of rotatable bonds is 9. The first-order valence-electron chi connectivity index (χ1n) is 7.29. The third-order valence-corrected chi connectivity index (χ3v) is 4.57. The molecule has 0 amide bonds. The van der Waals surface area contributed by atoms with Gasteiger partial charge in [0.1, 0.15) is 0 Å². The highest BCUT2D eigenvalue weighted by molar-refractivity contribution is 7.99. The van der Waals surface area contributed by atoms with Gasteiger partial charge in [0.25, 0.3) is 0 Å². The Morgan fingerprint density at radius 1 is 1.22 bits per heavy atom. The summed E-state index contributed by atoms with van der Waals surface area (Å²) in [6, 6.07) is 0.695. The van der Waals surface area contributed by atoms with Gasteiger partial charge in [0, 0.05) is 37.5 Å². The van der Waals surface area contributed by atoms with Crippen LogP contribution in [0.4, 0.5) is 0 Å². The van der Waals surface area contributed by atoms with Crippen molar-refractivity contribution in [3.8, 4) is 0 Å². The van der Waals surface area contributed by atoms with E-state index in [0.717, 1.165) is 31.4 Å². The van der Waals surface area contributed by atoms with Crippen LogP contribution in [0.3, 0.4) is 0 Å². The first-order valence-corrected chi connectivity index (χ1v) is 8.58. The summed E-state index contributed by atoms with van der Waals surface area (Å²) in [7, 11) is 0. The van der Waals surface area contributed by atoms with Crippen LogP contribution >= 0.6 is 11.8 Å². The van der Waals surface area contributed by atoms with E-state index in [1.54, 1.807) is 0 Å². The summed E-state index contributed by atoms with van der Waals surface area (Å²) in [4.78, 5) is 0. The predicted molar refractivity (Wildman–Crippen MR) is 79.2 cm³/mol. The number of thioether (sulfide) groups is 1. The van der Waals surface area contributed by atoms with E-state index in [1.165, 1.54) is 25.7 Å². The second kappa shape index (κ2) is 10.1. The van der Waals surface area contributed by atoms with Crippen molar-refractivity contribution in [2.24, 2.45) is 0 Å². The Morgan fingerprint density at radius 3 is 2.56 bits per heavy atom. The van der Waals surface area contributed by atoms with E-state index in [-0.39, 0.29) is 6.29 Å². The van der Waals surface area contributed by atoms with Crippen LogP contribution in [-0.4, -0.2) is 43.6 Å². The number of hydrogen-bond acceptors (Lipinski definition) is 4. The molecule has 2 atom stereocenters. The maximum Gasteiger partial charge on any atom is 0.158 e. The third kappa shape index (κ3) is 6.41. The molecule has 1 aliphatic rings. The zero-order chi connectivity index (χ0) is 13.2. The second-order valence-corrected chi connectivity index (χ2v) is 5.94. The first-order chi connectivity index (χ1) is 8.80. The molecule has 0 aromatic carbocycles. The van der Waals surface area contributed by atoms with Crippen LogP contribution in [0.25, 0.3) is 0 Å². The summed E-state index contributed by atoms with van der Waals surface area (Å²) < 4.78 is 11.1. The van der Waals surface area contributed by atoms with Gasteiger partial charge in [-0.3, -0.25) is 0 Å². The van der Waals surface area contributed by atoms with Gasteiger partial charge >= 0.3 is 0 Å². The molecule has 108 valence electrons. The second-order valence-electron chi connectivity index (χ2n) is 4.80. The summed E-state index contributed by atoms with van der Waals surface area (Å²) in [6.45, 7) is 6.48. The molecule has 2 unspecified atom stereocenters. The van der Waals surface area contributed by atoms with Crippen LogP contribution in [0, 0.1) is 0 Å². The number of hydrogen-bond donors (Lipinski definition) is 1. The van der Waals surface area contributed by atoms with Gasteiger partial charge < -0.3 is 14.8 Å². The molecule has 1 aliphatic carbocycles. The summed E-state index contributed by atoms with van der Waals surface area (Å²) in [5.41, 5.74) is 0. The Balaban J connectivity index is 2.15. The fourth-order valence-electron chi connectivity index (χ4n) is 2.54. The van der Waals surface area contributed by atoms with Gasteiger partial charge in [0.15, 0.2) is 6.29 Å². The molecular formula is C14H29NO2S. The predicted octanol–water partition coefficient (Wildman–Crippen LogP) is 3.04. The van der Waals surface area contributed by atoms with E-state index in [1.807, 2.05) is 25.6 Å². The van der Waals surface area contributed by atoms with E-state index in [9.17, 15) is 0 Å². The average Bonchev–Trinajstić information content (AvgIpc) is 2.39. The molecule has 0 bridgehead atoms. The maximum absolute atomic E-state index is 5.55. The number of ether oxygens (including phenoxy) is 2. The van der Waals surface area contributed by atoms with Gasteiger partial charge in [-0.25, -0.2) is 0 Å². The van der Waals surface area contributed by atoms with E-state index < -0.39 is 0 Å². The standard InChI is InChI=1S/C14H29NO2S/c1-4-16-14(17-5-2)9-10-15-12-7-6-8-13(11-12)18-3/h12-15H,4-11H2,1-3H3. The van der Waals surface area contributed by atoms with Crippen molar-refractivity contribution >= 4 is 11.8 Å². The molecule has 0 aromatic heterocycles. The van der Waals surface area contributed by atoms with Gasteiger partial charge in [-0.1, -0.05) is 6.42 Å². The molecule has 0 spiro atoms. The Labute approximate surface area is 116 Å². The fourth-order valence-corrected chi connectivity index (χ4v) is 3.36. The average molecular weight is 275 g/mol. The molecule has 0 radical (unpaired) electrons. The summed E-state index contributed by atoms with van der Waals surface area (Å²) in [5, 5.41) is 4.51. The lowest BCUT2D eigenvalue weighted by molar-refractivity contribution is -0.138. The lowest BCUT2D eigenvalue weighted by Gasteiger charge is -2.29. The largest absolute Gasteiger partial charge is 0.353 e. The Bertz CT molecular complexity index is 198. The molecule has 4 heteroatoms. The van der Waals surface area contributed by atoms with Crippen molar-refractivity contribution in [1.29, 1.82) is 0 Å². The molecule has 0 aromatic rings. The van der Waals surface area contributed by atoms with Crippen molar-refractivity contribution in [3.05, 3.63) is 0 Å². The molecule has 0 heterocycles. The molecular weight excluding hydrogens is 246 g/mol. The van der Waals surface area contributed by atoms with Crippen molar-refractivity contribution in [1.82, 2.24) is 5.32 Å². The van der Waals surface area contributed by atoms with Crippen LogP contribution < -0.4 is 5.32 Å². The summed E-state index contributed by atoms with van der Waals surface area (Å²) >= 11 is 2.02. The number of nitrogens with one attached hydrogen (secondary N) is 1. The highest BCUT2D eigenvalue weighted by Crippen LogP contribution is 2.26. The Morgan fingerprint density at radius 2 is 1.94 bits per heavy atom.